The molecule has 3 aromatic carbocycles. The van der Waals surface area contributed by atoms with Crippen molar-refractivity contribution in [1.82, 2.24) is 5.43 Å². The molecule has 0 spiro atoms. The lowest BCUT2D eigenvalue weighted by Crippen LogP contribution is -2.33. The molecule has 0 heterocycles. The summed E-state index contributed by atoms with van der Waals surface area (Å²) in [7, 11) is 0. The van der Waals surface area contributed by atoms with E-state index in [1.165, 1.54) is 6.21 Å². The molecule has 0 radical (unpaired) electrons. The molecule has 0 aliphatic carbocycles. The van der Waals surface area contributed by atoms with Gasteiger partial charge < -0.3 is 4.74 Å². The van der Waals surface area contributed by atoms with Gasteiger partial charge in [-0.2, -0.15) is 5.10 Å². The summed E-state index contributed by atoms with van der Waals surface area (Å²) in [6.45, 7) is 1.68. The number of nitrogens with one attached hydrogen (secondary N) is 1. The van der Waals surface area contributed by atoms with Crippen LogP contribution in [0, 0.1) is 0 Å². The van der Waals surface area contributed by atoms with Crippen LogP contribution < -0.4 is 10.2 Å². The molecule has 5 heteroatoms. The maximum atomic E-state index is 12.1. The van der Waals surface area contributed by atoms with Crippen LogP contribution in [0.5, 0.6) is 5.75 Å². The number of nitrogens with zero attached hydrogens (tertiary/aromatic N) is 1. The van der Waals surface area contributed by atoms with E-state index >= 15 is 0 Å². The van der Waals surface area contributed by atoms with Crippen molar-refractivity contribution in [1.29, 1.82) is 0 Å². The van der Waals surface area contributed by atoms with E-state index in [0.717, 1.165) is 16.3 Å². The zero-order valence-electron chi connectivity index (χ0n) is 13.6. The van der Waals surface area contributed by atoms with Crippen molar-refractivity contribution in [2.24, 2.45) is 5.10 Å². The monoisotopic (exact) mass is 352 g/mol. The summed E-state index contributed by atoms with van der Waals surface area (Å²) in [5.41, 5.74) is 3.19. The molecular weight excluding hydrogens is 336 g/mol. The normalized spacial score (nSPS) is 12.2. The predicted octanol–water partition coefficient (Wildman–Crippen LogP) is 4.41. The summed E-state index contributed by atoms with van der Waals surface area (Å²) < 4.78 is 5.70. The Morgan fingerprint density at radius 1 is 1.08 bits per heavy atom. The third kappa shape index (κ3) is 4.37. The quantitative estimate of drug-likeness (QED) is 0.546. The van der Waals surface area contributed by atoms with Gasteiger partial charge in [-0.3, -0.25) is 4.79 Å². The van der Waals surface area contributed by atoms with Crippen molar-refractivity contribution in [2.45, 2.75) is 13.0 Å². The second kappa shape index (κ2) is 7.81. The van der Waals surface area contributed by atoms with Gasteiger partial charge in [-0.1, -0.05) is 60.1 Å². The Balaban J connectivity index is 1.61. The van der Waals surface area contributed by atoms with E-state index in [0.29, 0.717) is 10.8 Å². The molecule has 126 valence electrons. The number of rotatable bonds is 5. The van der Waals surface area contributed by atoms with Crippen LogP contribution in [0.3, 0.4) is 0 Å². The summed E-state index contributed by atoms with van der Waals surface area (Å²) in [5, 5.41) is 6.68. The van der Waals surface area contributed by atoms with Gasteiger partial charge in [-0.05, 0) is 35.9 Å². The van der Waals surface area contributed by atoms with E-state index in [-0.39, 0.29) is 5.91 Å². The zero-order valence-corrected chi connectivity index (χ0v) is 14.4. The molecule has 1 amide bonds. The maximum Gasteiger partial charge on any atom is 0.280 e. The highest BCUT2D eigenvalue weighted by Crippen LogP contribution is 2.21. The highest BCUT2D eigenvalue weighted by Gasteiger charge is 2.14. The number of halogens is 1. The number of carbonyl (C=O) groups is 1. The number of ether oxygens (including phenoxy) is 1. The molecule has 0 bridgehead atoms. The Labute approximate surface area is 151 Å². The van der Waals surface area contributed by atoms with Crippen molar-refractivity contribution < 1.29 is 9.53 Å². The number of carbonyl (C=O) groups excluding carboxylic acids is 1. The third-order valence-electron chi connectivity index (χ3n) is 3.69. The molecule has 0 aliphatic heterocycles. The second-order valence-corrected chi connectivity index (χ2v) is 5.93. The van der Waals surface area contributed by atoms with E-state index in [2.05, 4.69) is 10.5 Å². The number of amides is 1. The lowest BCUT2D eigenvalue weighted by Gasteiger charge is -2.13. The minimum Gasteiger partial charge on any atom is -0.481 e. The molecule has 4 nitrogen and oxygen atoms in total. The fraction of sp³-hybridized carbons (Fsp3) is 0.100. The Morgan fingerprint density at radius 3 is 2.60 bits per heavy atom. The first kappa shape index (κ1) is 17.0. The Bertz CT molecular complexity index is 924. The molecule has 25 heavy (non-hydrogen) atoms. The number of fused-ring (bicyclic) bond motifs is 1. The fourth-order valence-corrected chi connectivity index (χ4v) is 2.52. The van der Waals surface area contributed by atoms with Crippen LogP contribution in [-0.2, 0) is 4.79 Å². The van der Waals surface area contributed by atoms with Crippen LogP contribution >= 0.6 is 11.6 Å². The van der Waals surface area contributed by atoms with E-state index in [1.807, 2.05) is 60.7 Å². The third-order valence-corrected chi connectivity index (χ3v) is 4.03. The first-order valence-electron chi connectivity index (χ1n) is 7.86. The molecule has 0 aromatic heterocycles. The predicted molar refractivity (Wildman–Crippen MR) is 101 cm³/mol. The summed E-state index contributed by atoms with van der Waals surface area (Å²) in [6.07, 6.45) is 0.827. The Hall–Kier alpha value is -2.85. The molecule has 0 aliphatic rings. The summed E-state index contributed by atoms with van der Waals surface area (Å²) in [4.78, 5) is 12.1. The lowest BCUT2D eigenvalue weighted by atomic mass is 10.1. The van der Waals surface area contributed by atoms with Gasteiger partial charge in [0.1, 0.15) is 5.75 Å². The van der Waals surface area contributed by atoms with Gasteiger partial charge in [0.2, 0.25) is 0 Å². The first-order chi connectivity index (χ1) is 12.1. The first-order valence-corrected chi connectivity index (χ1v) is 8.24. The fourth-order valence-electron chi connectivity index (χ4n) is 2.33. The molecular formula is C20H17ClN2O2. The topological polar surface area (TPSA) is 50.7 Å². The summed E-state index contributed by atoms with van der Waals surface area (Å²) in [6, 6.07) is 20.9. The molecule has 1 unspecified atom stereocenters. The minimum atomic E-state index is -0.676. The van der Waals surface area contributed by atoms with Crippen LogP contribution in [0.1, 0.15) is 12.5 Å². The highest BCUT2D eigenvalue weighted by atomic mass is 35.5. The van der Waals surface area contributed by atoms with Gasteiger partial charge in [-0.15, -0.1) is 0 Å². The highest BCUT2D eigenvalue weighted by molar-refractivity contribution is 6.33. The minimum absolute atomic E-state index is 0.337. The van der Waals surface area contributed by atoms with Crippen molar-refractivity contribution >= 4 is 34.5 Å². The van der Waals surface area contributed by atoms with Crippen LogP contribution in [0.4, 0.5) is 0 Å². The molecule has 3 aromatic rings. The Morgan fingerprint density at radius 2 is 1.80 bits per heavy atom. The average Bonchev–Trinajstić information content (AvgIpc) is 2.63. The van der Waals surface area contributed by atoms with E-state index in [4.69, 9.17) is 16.3 Å². The van der Waals surface area contributed by atoms with Crippen molar-refractivity contribution in [3.05, 3.63) is 77.3 Å². The molecule has 3 rings (SSSR count). The van der Waals surface area contributed by atoms with Gasteiger partial charge in [0.15, 0.2) is 6.10 Å². The van der Waals surface area contributed by atoms with Crippen molar-refractivity contribution in [3.8, 4) is 5.75 Å². The molecule has 1 atom stereocenters. The van der Waals surface area contributed by atoms with Gasteiger partial charge in [-0.25, -0.2) is 5.43 Å². The van der Waals surface area contributed by atoms with Crippen molar-refractivity contribution in [3.63, 3.8) is 0 Å². The van der Waals surface area contributed by atoms with Crippen LogP contribution in [0.2, 0.25) is 5.02 Å². The lowest BCUT2D eigenvalue weighted by molar-refractivity contribution is -0.127. The van der Waals surface area contributed by atoms with E-state index in [9.17, 15) is 4.79 Å². The number of hydrogen-bond donors (Lipinski definition) is 1. The van der Waals surface area contributed by atoms with E-state index < -0.39 is 6.10 Å². The number of benzene rings is 3. The maximum absolute atomic E-state index is 12.1. The van der Waals surface area contributed by atoms with Gasteiger partial charge >= 0.3 is 0 Å². The van der Waals surface area contributed by atoms with E-state index in [1.54, 1.807) is 13.0 Å². The molecule has 0 saturated carbocycles. The second-order valence-electron chi connectivity index (χ2n) is 5.52. The van der Waals surface area contributed by atoms with Gasteiger partial charge in [0.05, 0.1) is 6.21 Å². The zero-order chi connectivity index (χ0) is 17.6. The molecule has 1 N–H and O–H groups in total. The largest absolute Gasteiger partial charge is 0.481 e. The van der Waals surface area contributed by atoms with Crippen LogP contribution in [-0.4, -0.2) is 18.2 Å². The van der Waals surface area contributed by atoms with Gasteiger partial charge in [0, 0.05) is 10.6 Å². The van der Waals surface area contributed by atoms with Crippen molar-refractivity contribution in [2.75, 3.05) is 0 Å². The van der Waals surface area contributed by atoms with Crippen LogP contribution in [0.25, 0.3) is 10.8 Å². The SMILES string of the molecule is CC(Oc1ccc2ccccc2c1)C(=O)N/N=C/c1ccccc1Cl. The van der Waals surface area contributed by atoms with Crippen LogP contribution in [0.15, 0.2) is 71.8 Å². The standard InChI is InChI=1S/C20H17ClN2O2/c1-14(20(24)23-22-13-17-8-4-5-9-19(17)21)25-18-11-10-15-6-2-3-7-16(15)12-18/h2-14H,1H3,(H,23,24)/b22-13+. The summed E-state index contributed by atoms with van der Waals surface area (Å²) in [5.74, 6) is 0.299. The molecule has 0 saturated heterocycles. The Kier molecular flexibility index (Phi) is 5.31. The number of hydrazone groups is 1. The average molecular weight is 353 g/mol. The summed E-state index contributed by atoms with van der Waals surface area (Å²) >= 11 is 6.03. The number of hydrogen-bond acceptors (Lipinski definition) is 3. The smallest absolute Gasteiger partial charge is 0.280 e. The van der Waals surface area contributed by atoms with Gasteiger partial charge in [0.25, 0.3) is 5.91 Å². The molecule has 0 fully saturated rings.